The lowest BCUT2D eigenvalue weighted by Crippen LogP contribution is -2.34. The zero-order valence-electron chi connectivity index (χ0n) is 13.9. The van der Waals surface area contributed by atoms with Gasteiger partial charge >= 0.3 is 0 Å². The average Bonchev–Trinajstić information content (AvgIpc) is 2.66. The minimum absolute atomic E-state index is 0.122. The minimum atomic E-state index is -0.570. The Bertz CT molecular complexity index is 1120. The molecule has 0 atom stereocenters. The molecule has 0 unspecified atom stereocenters. The van der Waals surface area contributed by atoms with Gasteiger partial charge in [-0.05, 0) is 30.3 Å². The first kappa shape index (κ1) is 18.3. The first-order valence-electron chi connectivity index (χ1n) is 7.88. The summed E-state index contributed by atoms with van der Waals surface area (Å²) in [6.07, 6.45) is 1.58. The smallest absolute Gasteiger partial charge is 0.287 e. The summed E-state index contributed by atoms with van der Waals surface area (Å²) in [4.78, 5) is 39.5. The molecule has 0 spiro atoms. The molecule has 0 fully saturated rings. The van der Waals surface area contributed by atoms with Crippen LogP contribution in [-0.2, 0) is 9.59 Å². The summed E-state index contributed by atoms with van der Waals surface area (Å²) < 4.78 is 0. The third kappa shape index (κ3) is 4.76. The van der Waals surface area contributed by atoms with Crippen LogP contribution in [-0.4, -0.2) is 30.1 Å². The van der Waals surface area contributed by atoms with Crippen LogP contribution in [0.15, 0.2) is 64.2 Å². The maximum absolute atomic E-state index is 11.9. The molecular formula is C19H13ClN4O3. The molecule has 0 radical (unpaired) electrons. The van der Waals surface area contributed by atoms with Gasteiger partial charge in [0, 0.05) is 21.7 Å². The molecule has 27 heavy (non-hydrogen) atoms. The Balaban J connectivity index is 1.60. The van der Waals surface area contributed by atoms with Gasteiger partial charge in [-0.3, -0.25) is 14.4 Å². The SMILES string of the molecule is O=C(CNC(=O)c1cccc(Cl)c1)NN=C=C1C=c2ccccc2=NC1=O. The van der Waals surface area contributed by atoms with Crippen LogP contribution in [0.25, 0.3) is 6.08 Å². The minimum Gasteiger partial charge on any atom is -0.343 e. The second-order valence-corrected chi connectivity index (χ2v) is 5.92. The number of carbonyl (C=O) groups excluding carboxylic acids is 3. The summed E-state index contributed by atoms with van der Waals surface area (Å²) in [5, 5.41) is 7.80. The first-order chi connectivity index (χ1) is 13.0. The van der Waals surface area contributed by atoms with Gasteiger partial charge in [-0.15, -0.1) is 5.10 Å². The molecule has 0 aliphatic carbocycles. The number of nitrogens with one attached hydrogen (secondary N) is 2. The van der Waals surface area contributed by atoms with Crippen molar-refractivity contribution in [3.63, 3.8) is 0 Å². The van der Waals surface area contributed by atoms with Gasteiger partial charge in [0.25, 0.3) is 17.7 Å². The molecule has 2 aromatic rings. The number of hydrogen-bond acceptors (Lipinski definition) is 4. The Morgan fingerprint density at radius 1 is 1.15 bits per heavy atom. The number of halogens is 1. The van der Waals surface area contributed by atoms with Crippen LogP contribution in [0.3, 0.4) is 0 Å². The molecule has 0 bridgehead atoms. The molecule has 8 heteroatoms. The Labute approximate surface area is 158 Å². The molecule has 3 rings (SSSR count). The Morgan fingerprint density at radius 3 is 2.78 bits per heavy atom. The van der Waals surface area contributed by atoms with E-state index >= 15 is 0 Å². The predicted molar refractivity (Wildman–Crippen MR) is 99.6 cm³/mol. The topological polar surface area (TPSA) is 100.0 Å². The number of nitrogens with zero attached hydrogens (tertiary/aromatic N) is 2. The van der Waals surface area contributed by atoms with Crippen LogP contribution in [0.5, 0.6) is 0 Å². The van der Waals surface area contributed by atoms with Crippen molar-refractivity contribution in [3.05, 3.63) is 75.3 Å². The van der Waals surface area contributed by atoms with Gasteiger partial charge in [0.15, 0.2) is 0 Å². The van der Waals surface area contributed by atoms with E-state index in [1.54, 1.807) is 42.5 Å². The van der Waals surface area contributed by atoms with Gasteiger partial charge in [0.1, 0.15) is 5.57 Å². The van der Waals surface area contributed by atoms with E-state index < -0.39 is 17.7 Å². The van der Waals surface area contributed by atoms with E-state index in [-0.39, 0.29) is 12.1 Å². The van der Waals surface area contributed by atoms with E-state index in [0.717, 1.165) is 5.22 Å². The lowest BCUT2D eigenvalue weighted by molar-refractivity contribution is -0.120. The van der Waals surface area contributed by atoms with Crippen molar-refractivity contribution >= 4 is 41.3 Å². The monoisotopic (exact) mass is 380 g/mol. The summed E-state index contributed by atoms with van der Waals surface area (Å²) in [6.45, 7) is -0.295. The first-order valence-corrected chi connectivity index (χ1v) is 8.26. The van der Waals surface area contributed by atoms with E-state index in [1.165, 1.54) is 6.07 Å². The van der Waals surface area contributed by atoms with Crippen LogP contribution in [0.2, 0.25) is 5.02 Å². The molecule has 2 aromatic carbocycles. The summed E-state index contributed by atoms with van der Waals surface area (Å²) in [7, 11) is 0. The fourth-order valence-electron chi connectivity index (χ4n) is 2.26. The maximum atomic E-state index is 11.9. The van der Waals surface area contributed by atoms with Crippen molar-refractivity contribution in [2.75, 3.05) is 6.54 Å². The number of carbonyl (C=O) groups is 3. The predicted octanol–water partition coefficient (Wildman–Crippen LogP) is 0.338. The fourth-order valence-corrected chi connectivity index (χ4v) is 2.45. The highest BCUT2D eigenvalue weighted by molar-refractivity contribution is 6.31. The van der Waals surface area contributed by atoms with E-state index in [4.69, 9.17) is 11.6 Å². The average molecular weight is 381 g/mol. The quantitative estimate of drug-likeness (QED) is 0.454. The van der Waals surface area contributed by atoms with Crippen molar-refractivity contribution in [2.45, 2.75) is 0 Å². The number of amides is 3. The molecular weight excluding hydrogens is 368 g/mol. The number of para-hydroxylation sites is 1. The summed E-state index contributed by atoms with van der Waals surface area (Å²) in [5.41, 5.74) is 2.65. The van der Waals surface area contributed by atoms with Gasteiger partial charge < -0.3 is 5.32 Å². The largest absolute Gasteiger partial charge is 0.343 e. The van der Waals surface area contributed by atoms with Gasteiger partial charge in [-0.1, -0.05) is 35.9 Å². The van der Waals surface area contributed by atoms with E-state index in [1.807, 2.05) is 6.07 Å². The fraction of sp³-hybridized carbons (Fsp3) is 0.0526. The maximum Gasteiger partial charge on any atom is 0.287 e. The highest BCUT2D eigenvalue weighted by Crippen LogP contribution is 2.10. The third-order valence-corrected chi connectivity index (χ3v) is 3.78. The zero-order chi connectivity index (χ0) is 19.2. The molecule has 0 saturated heterocycles. The molecule has 2 N–H and O–H groups in total. The highest BCUT2D eigenvalue weighted by atomic mass is 35.5. The van der Waals surface area contributed by atoms with Crippen molar-refractivity contribution < 1.29 is 14.4 Å². The third-order valence-electron chi connectivity index (χ3n) is 3.54. The Hall–Kier alpha value is -3.54. The van der Waals surface area contributed by atoms with Gasteiger partial charge in [-0.25, -0.2) is 10.4 Å². The number of hydrazone groups is 1. The highest BCUT2D eigenvalue weighted by Gasteiger charge is 2.10. The van der Waals surface area contributed by atoms with E-state index in [9.17, 15) is 14.4 Å². The van der Waals surface area contributed by atoms with Gasteiger partial charge in [-0.2, -0.15) is 0 Å². The van der Waals surface area contributed by atoms with Crippen molar-refractivity contribution in [2.24, 2.45) is 10.1 Å². The van der Waals surface area contributed by atoms with Crippen LogP contribution in [0.4, 0.5) is 0 Å². The molecule has 0 aromatic heterocycles. The molecule has 7 nitrogen and oxygen atoms in total. The van der Waals surface area contributed by atoms with Crippen LogP contribution in [0.1, 0.15) is 10.4 Å². The van der Waals surface area contributed by atoms with Crippen LogP contribution in [0, 0.1) is 0 Å². The zero-order valence-corrected chi connectivity index (χ0v) is 14.7. The van der Waals surface area contributed by atoms with Gasteiger partial charge in [0.05, 0.1) is 11.9 Å². The molecule has 0 saturated carbocycles. The molecule has 3 amide bonds. The number of hydrogen-bond donors (Lipinski definition) is 2. The number of benzene rings is 2. The standard InChI is InChI=1S/C19H13ClN4O3/c20-15-6-3-5-13(9-15)18(26)21-11-17(25)24-22-10-14-8-12-4-1-2-7-16(12)23-19(14)27/h1-9H,11H2,(H,21,26)(H,24,25). The van der Waals surface area contributed by atoms with Crippen molar-refractivity contribution in [1.29, 1.82) is 0 Å². The summed E-state index contributed by atoms with van der Waals surface area (Å²) in [5.74, 6) is 0.938. The molecule has 1 aliphatic heterocycles. The number of fused-ring (bicyclic) bond motifs is 1. The summed E-state index contributed by atoms with van der Waals surface area (Å²) >= 11 is 5.81. The van der Waals surface area contributed by atoms with Crippen molar-refractivity contribution in [1.82, 2.24) is 10.7 Å². The van der Waals surface area contributed by atoms with E-state index in [2.05, 4.69) is 26.7 Å². The molecule has 1 aliphatic rings. The summed E-state index contributed by atoms with van der Waals surface area (Å²) in [6, 6.07) is 13.5. The van der Waals surface area contributed by atoms with Crippen molar-refractivity contribution in [3.8, 4) is 0 Å². The lowest BCUT2D eigenvalue weighted by atomic mass is 10.1. The van der Waals surface area contributed by atoms with E-state index in [0.29, 0.717) is 15.9 Å². The Kier molecular flexibility index (Phi) is 5.56. The normalized spacial score (nSPS) is 12.0. The van der Waals surface area contributed by atoms with Gasteiger partial charge in [0.2, 0.25) is 0 Å². The molecule has 1 heterocycles. The molecule has 134 valence electrons. The number of rotatable bonds is 4. The second kappa shape index (κ2) is 8.23. The lowest BCUT2D eigenvalue weighted by Gasteiger charge is -2.04. The Morgan fingerprint density at radius 2 is 1.96 bits per heavy atom. The van der Waals surface area contributed by atoms with Crippen LogP contribution < -0.4 is 21.3 Å². The second-order valence-electron chi connectivity index (χ2n) is 5.49. The van der Waals surface area contributed by atoms with Crippen LogP contribution >= 0.6 is 11.6 Å².